The van der Waals surface area contributed by atoms with Crippen LogP contribution in [-0.2, 0) is 4.79 Å². The second-order valence-electron chi connectivity index (χ2n) is 4.77. The quantitative estimate of drug-likeness (QED) is 0.878. The van der Waals surface area contributed by atoms with Crippen molar-refractivity contribution in [3.8, 4) is 0 Å². The van der Waals surface area contributed by atoms with Crippen molar-refractivity contribution in [1.82, 2.24) is 5.32 Å². The highest BCUT2D eigenvalue weighted by Gasteiger charge is 2.24. The van der Waals surface area contributed by atoms with Gasteiger partial charge in [0.25, 0.3) is 5.91 Å². The number of carbonyl (C=O) groups is 2. The molecule has 2 atom stereocenters. The summed E-state index contributed by atoms with van der Waals surface area (Å²) in [5.74, 6) is -2.02. The van der Waals surface area contributed by atoms with Crippen LogP contribution in [0.5, 0.6) is 0 Å². The number of nitrogens with one attached hydrogen (secondary N) is 1. The van der Waals surface area contributed by atoms with Crippen molar-refractivity contribution in [1.29, 1.82) is 0 Å². The lowest BCUT2D eigenvalue weighted by Gasteiger charge is -2.17. The topological polar surface area (TPSA) is 66.4 Å². The van der Waals surface area contributed by atoms with Gasteiger partial charge in [-0.05, 0) is 26.0 Å². The van der Waals surface area contributed by atoms with Gasteiger partial charge in [-0.1, -0.05) is 29.3 Å². The van der Waals surface area contributed by atoms with Crippen LogP contribution in [0.4, 0.5) is 0 Å². The molecule has 1 amide bonds. The number of fused-ring (bicyclic) bond motifs is 1. The monoisotopic (exact) mass is 345 g/mol. The van der Waals surface area contributed by atoms with Crippen LogP contribution < -0.4 is 5.32 Å². The van der Waals surface area contributed by atoms with Crippen LogP contribution in [0.25, 0.3) is 10.1 Å². The summed E-state index contributed by atoms with van der Waals surface area (Å²) in [4.78, 5) is 23.5. The first-order chi connectivity index (χ1) is 9.81. The molecule has 2 unspecified atom stereocenters. The van der Waals surface area contributed by atoms with E-state index in [0.29, 0.717) is 14.9 Å². The number of rotatable bonds is 4. The zero-order valence-corrected chi connectivity index (χ0v) is 13.6. The predicted molar refractivity (Wildman–Crippen MR) is 85.6 cm³/mol. The lowest BCUT2D eigenvalue weighted by Crippen LogP contribution is -2.39. The third kappa shape index (κ3) is 3.31. The maximum Gasteiger partial charge on any atom is 0.308 e. The molecule has 0 saturated heterocycles. The number of amides is 1. The molecule has 0 fully saturated rings. The standard InChI is InChI=1S/C14H13Cl2NO3S/c1-6(14(19)20)7(2)17-13(18)12-11(16)9-4-3-8(15)5-10(9)21-12/h3-7H,1-2H3,(H,17,18)(H,19,20). The van der Waals surface area contributed by atoms with Crippen molar-refractivity contribution in [3.05, 3.63) is 33.1 Å². The number of aliphatic carboxylic acids is 1. The molecule has 4 nitrogen and oxygen atoms in total. The lowest BCUT2D eigenvalue weighted by atomic mass is 10.0. The number of hydrogen-bond donors (Lipinski definition) is 2. The Hall–Kier alpha value is -1.30. The number of hydrogen-bond acceptors (Lipinski definition) is 3. The molecule has 0 radical (unpaired) electrons. The zero-order valence-electron chi connectivity index (χ0n) is 11.3. The van der Waals surface area contributed by atoms with Crippen molar-refractivity contribution in [2.45, 2.75) is 19.9 Å². The largest absolute Gasteiger partial charge is 0.481 e. The van der Waals surface area contributed by atoms with Crippen LogP contribution in [-0.4, -0.2) is 23.0 Å². The van der Waals surface area contributed by atoms with Gasteiger partial charge in [-0.15, -0.1) is 11.3 Å². The molecule has 0 aliphatic carbocycles. The highest BCUT2D eigenvalue weighted by atomic mass is 35.5. The van der Waals surface area contributed by atoms with Gasteiger partial charge in [0.05, 0.1) is 10.9 Å². The molecule has 1 aromatic heterocycles. The Balaban J connectivity index is 2.27. The highest BCUT2D eigenvalue weighted by molar-refractivity contribution is 7.21. The average Bonchev–Trinajstić information content (AvgIpc) is 2.74. The third-order valence-corrected chi connectivity index (χ3v) is 5.19. The van der Waals surface area contributed by atoms with Crippen molar-refractivity contribution in [2.24, 2.45) is 5.92 Å². The molecule has 0 saturated carbocycles. The Morgan fingerprint density at radius 1 is 1.29 bits per heavy atom. The van der Waals surface area contributed by atoms with Crippen LogP contribution in [0, 0.1) is 5.92 Å². The van der Waals surface area contributed by atoms with Gasteiger partial charge < -0.3 is 10.4 Å². The van der Waals surface area contributed by atoms with Crippen LogP contribution >= 0.6 is 34.5 Å². The minimum absolute atomic E-state index is 0.360. The van der Waals surface area contributed by atoms with E-state index in [1.54, 1.807) is 32.0 Å². The van der Waals surface area contributed by atoms with E-state index in [-0.39, 0.29) is 5.91 Å². The van der Waals surface area contributed by atoms with Gasteiger partial charge in [-0.3, -0.25) is 9.59 Å². The molecule has 0 bridgehead atoms. The smallest absolute Gasteiger partial charge is 0.308 e. The molecule has 1 heterocycles. The summed E-state index contributed by atoms with van der Waals surface area (Å²) in [6.07, 6.45) is 0. The second-order valence-corrected chi connectivity index (χ2v) is 6.64. The van der Waals surface area contributed by atoms with Crippen molar-refractivity contribution in [3.63, 3.8) is 0 Å². The summed E-state index contributed by atoms with van der Waals surface area (Å²) in [5, 5.41) is 13.3. The second kappa shape index (κ2) is 6.22. The number of thiophene rings is 1. The summed E-state index contributed by atoms with van der Waals surface area (Å²) >= 11 is 13.4. The van der Waals surface area contributed by atoms with E-state index < -0.39 is 17.9 Å². The summed E-state index contributed by atoms with van der Waals surface area (Å²) < 4.78 is 0.816. The highest BCUT2D eigenvalue weighted by Crippen LogP contribution is 2.36. The Labute approximate surface area is 135 Å². The fourth-order valence-electron chi connectivity index (χ4n) is 1.80. The Morgan fingerprint density at radius 2 is 1.95 bits per heavy atom. The van der Waals surface area contributed by atoms with E-state index in [1.807, 2.05) is 0 Å². The molecule has 112 valence electrons. The van der Waals surface area contributed by atoms with Crippen molar-refractivity contribution in [2.75, 3.05) is 0 Å². The molecule has 2 N–H and O–H groups in total. The van der Waals surface area contributed by atoms with Gasteiger partial charge in [0.15, 0.2) is 0 Å². The summed E-state index contributed by atoms with van der Waals surface area (Å²) in [5.41, 5.74) is 0. The summed E-state index contributed by atoms with van der Waals surface area (Å²) in [7, 11) is 0. The van der Waals surface area contributed by atoms with Gasteiger partial charge in [0.2, 0.25) is 0 Å². The van der Waals surface area contributed by atoms with Crippen LogP contribution in [0.2, 0.25) is 10.0 Å². The molecule has 21 heavy (non-hydrogen) atoms. The van der Waals surface area contributed by atoms with Crippen molar-refractivity contribution < 1.29 is 14.7 Å². The van der Waals surface area contributed by atoms with Gasteiger partial charge in [0.1, 0.15) is 4.88 Å². The number of halogens is 2. The molecule has 0 aliphatic heterocycles. The molecular weight excluding hydrogens is 333 g/mol. The van der Waals surface area contributed by atoms with Crippen LogP contribution in [0.3, 0.4) is 0 Å². The van der Waals surface area contributed by atoms with E-state index in [0.717, 1.165) is 10.1 Å². The molecule has 7 heteroatoms. The first-order valence-corrected chi connectivity index (χ1v) is 7.79. The third-order valence-electron chi connectivity index (χ3n) is 3.30. The summed E-state index contributed by atoms with van der Waals surface area (Å²) in [6, 6.07) is 4.71. The van der Waals surface area contributed by atoms with Gasteiger partial charge in [0, 0.05) is 21.2 Å². The SMILES string of the molecule is CC(NC(=O)c1sc2cc(Cl)ccc2c1Cl)C(C)C(=O)O. The van der Waals surface area contributed by atoms with Gasteiger partial charge >= 0.3 is 5.97 Å². The van der Waals surface area contributed by atoms with E-state index in [4.69, 9.17) is 28.3 Å². The van der Waals surface area contributed by atoms with Gasteiger partial charge in [-0.2, -0.15) is 0 Å². The van der Waals surface area contributed by atoms with E-state index in [2.05, 4.69) is 5.32 Å². The van der Waals surface area contributed by atoms with E-state index in [1.165, 1.54) is 11.3 Å². The number of benzene rings is 1. The fraction of sp³-hybridized carbons (Fsp3) is 0.286. The van der Waals surface area contributed by atoms with E-state index in [9.17, 15) is 9.59 Å². The number of carboxylic acid groups (broad SMARTS) is 1. The van der Waals surface area contributed by atoms with Crippen LogP contribution in [0.1, 0.15) is 23.5 Å². The summed E-state index contributed by atoms with van der Waals surface area (Å²) in [6.45, 7) is 3.19. The molecular formula is C14H13Cl2NO3S. The minimum Gasteiger partial charge on any atom is -0.481 e. The minimum atomic E-state index is -0.961. The fourth-order valence-corrected chi connectivity index (χ4v) is 3.49. The number of carbonyl (C=O) groups excluding carboxylic acids is 1. The Bertz CT molecular complexity index is 714. The first-order valence-electron chi connectivity index (χ1n) is 6.22. The number of carboxylic acids is 1. The van der Waals surface area contributed by atoms with Crippen molar-refractivity contribution >= 4 is 56.5 Å². The van der Waals surface area contributed by atoms with Gasteiger partial charge in [-0.25, -0.2) is 0 Å². The lowest BCUT2D eigenvalue weighted by molar-refractivity contribution is -0.141. The van der Waals surface area contributed by atoms with Crippen LogP contribution in [0.15, 0.2) is 18.2 Å². The average molecular weight is 346 g/mol. The Kier molecular flexibility index (Phi) is 4.76. The maximum absolute atomic E-state index is 12.2. The normalized spacial score (nSPS) is 13.9. The molecule has 2 aromatic rings. The zero-order chi connectivity index (χ0) is 15.7. The molecule has 2 rings (SSSR count). The molecule has 0 aliphatic rings. The predicted octanol–water partition coefficient (Wildman–Crippen LogP) is 4.05. The first kappa shape index (κ1) is 16.1. The van der Waals surface area contributed by atoms with E-state index >= 15 is 0 Å². The Morgan fingerprint density at radius 3 is 2.57 bits per heavy atom. The maximum atomic E-state index is 12.2. The molecule has 1 aromatic carbocycles. The molecule has 0 spiro atoms.